The van der Waals surface area contributed by atoms with E-state index in [1.807, 2.05) is 60.7 Å². The molecule has 0 aliphatic rings. The molecule has 25 heavy (non-hydrogen) atoms. The van der Waals surface area contributed by atoms with Crippen LogP contribution in [0.4, 0.5) is 0 Å². The summed E-state index contributed by atoms with van der Waals surface area (Å²) in [5.74, 6) is -0.333. The summed E-state index contributed by atoms with van der Waals surface area (Å²) in [7, 11) is 1.79. The van der Waals surface area contributed by atoms with Crippen LogP contribution in [-0.4, -0.2) is 27.8 Å². The topological polar surface area (TPSA) is 32.3 Å². The number of benzene rings is 2. The zero-order chi connectivity index (χ0) is 18.3. The molecule has 0 aromatic heterocycles. The first-order valence-electron chi connectivity index (χ1n) is 7.71. The summed E-state index contributed by atoms with van der Waals surface area (Å²) in [6.45, 7) is 0.530. The second-order valence-electron chi connectivity index (χ2n) is 5.60. The summed E-state index contributed by atoms with van der Waals surface area (Å²) < 4.78 is -1.67. The molecule has 0 heterocycles. The first-order chi connectivity index (χ1) is 11.9. The lowest BCUT2D eigenvalue weighted by Crippen LogP contribution is -2.53. The highest BCUT2D eigenvalue weighted by atomic mass is 35.6. The lowest BCUT2D eigenvalue weighted by Gasteiger charge is -2.33. The molecular formula is C19H19Cl3N2O. The van der Waals surface area contributed by atoms with Gasteiger partial charge in [-0.15, -0.1) is 0 Å². The number of halogens is 3. The SMILES string of the molecule is CN(Cc1ccccc1)C(NC(=O)C=Cc1ccccc1)C(Cl)(Cl)Cl. The highest BCUT2D eigenvalue weighted by molar-refractivity contribution is 6.68. The third-order valence-electron chi connectivity index (χ3n) is 3.53. The Kier molecular flexibility index (Phi) is 7.33. The maximum absolute atomic E-state index is 12.2. The number of hydrogen-bond acceptors (Lipinski definition) is 2. The fraction of sp³-hybridized carbons (Fsp3) is 0.211. The van der Waals surface area contributed by atoms with Crippen molar-refractivity contribution in [1.82, 2.24) is 10.2 Å². The number of carbonyl (C=O) groups excluding carboxylic acids is 1. The number of hydrogen-bond donors (Lipinski definition) is 1. The molecule has 2 rings (SSSR count). The molecule has 6 heteroatoms. The van der Waals surface area contributed by atoms with Gasteiger partial charge in [0.2, 0.25) is 9.70 Å². The first kappa shape index (κ1) is 19.8. The van der Waals surface area contributed by atoms with Gasteiger partial charge in [0.05, 0.1) is 0 Å². The zero-order valence-electron chi connectivity index (χ0n) is 13.7. The highest BCUT2D eigenvalue weighted by Gasteiger charge is 2.36. The van der Waals surface area contributed by atoms with Gasteiger partial charge in [-0.3, -0.25) is 9.69 Å². The second kappa shape index (κ2) is 9.25. The average Bonchev–Trinajstić information content (AvgIpc) is 2.58. The van der Waals surface area contributed by atoms with Crippen LogP contribution in [0.2, 0.25) is 0 Å². The minimum Gasteiger partial charge on any atom is -0.333 e. The summed E-state index contributed by atoms with van der Waals surface area (Å²) in [5.41, 5.74) is 1.97. The number of nitrogens with one attached hydrogen (secondary N) is 1. The van der Waals surface area contributed by atoms with Crippen molar-refractivity contribution in [3.8, 4) is 0 Å². The summed E-state index contributed by atoms with van der Waals surface area (Å²) >= 11 is 18.2. The molecule has 0 spiro atoms. The normalized spacial score (nSPS) is 13.2. The Bertz CT molecular complexity index is 700. The van der Waals surface area contributed by atoms with Crippen LogP contribution >= 0.6 is 34.8 Å². The van der Waals surface area contributed by atoms with E-state index >= 15 is 0 Å². The molecule has 1 unspecified atom stereocenters. The van der Waals surface area contributed by atoms with E-state index < -0.39 is 9.96 Å². The van der Waals surface area contributed by atoms with Crippen molar-refractivity contribution in [3.05, 3.63) is 77.9 Å². The Balaban J connectivity index is 2.04. The maximum Gasteiger partial charge on any atom is 0.245 e. The molecule has 0 fully saturated rings. The van der Waals surface area contributed by atoms with Gasteiger partial charge in [0.1, 0.15) is 6.17 Å². The van der Waals surface area contributed by atoms with Crippen LogP contribution in [0, 0.1) is 0 Å². The molecule has 2 aromatic rings. The molecule has 0 radical (unpaired) electrons. The monoisotopic (exact) mass is 396 g/mol. The largest absolute Gasteiger partial charge is 0.333 e. The van der Waals surface area contributed by atoms with Crippen LogP contribution in [0.25, 0.3) is 6.08 Å². The Morgan fingerprint density at radius 3 is 2.20 bits per heavy atom. The third-order valence-corrected chi connectivity index (χ3v) is 4.15. The molecular weight excluding hydrogens is 379 g/mol. The van der Waals surface area contributed by atoms with Crippen molar-refractivity contribution in [2.75, 3.05) is 7.05 Å². The zero-order valence-corrected chi connectivity index (χ0v) is 16.0. The molecule has 132 valence electrons. The van der Waals surface area contributed by atoms with Crippen LogP contribution in [0.3, 0.4) is 0 Å². The first-order valence-corrected chi connectivity index (χ1v) is 8.84. The molecule has 1 N–H and O–H groups in total. The number of carbonyl (C=O) groups is 1. The highest BCUT2D eigenvalue weighted by Crippen LogP contribution is 2.32. The molecule has 1 amide bonds. The maximum atomic E-state index is 12.2. The number of amides is 1. The average molecular weight is 398 g/mol. The fourth-order valence-electron chi connectivity index (χ4n) is 2.32. The predicted molar refractivity (Wildman–Crippen MR) is 106 cm³/mol. The summed E-state index contributed by atoms with van der Waals surface area (Å²) in [4.78, 5) is 14.0. The summed E-state index contributed by atoms with van der Waals surface area (Å²) in [6, 6.07) is 19.3. The van der Waals surface area contributed by atoms with Gasteiger partial charge in [-0.2, -0.15) is 0 Å². The van der Waals surface area contributed by atoms with Crippen LogP contribution < -0.4 is 5.32 Å². The van der Waals surface area contributed by atoms with Crippen LogP contribution in [0.15, 0.2) is 66.7 Å². The standard InChI is InChI=1S/C19H19Cl3N2O/c1-24(14-16-10-6-3-7-11-16)18(19(20,21)22)23-17(25)13-12-15-8-4-2-5-9-15/h2-13,18H,14H2,1H3,(H,23,25). The Morgan fingerprint density at radius 2 is 1.64 bits per heavy atom. The molecule has 3 nitrogen and oxygen atoms in total. The van der Waals surface area contributed by atoms with Crippen LogP contribution in [0.5, 0.6) is 0 Å². The van der Waals surface area contributed by atoms with Gasteiger partial charge in [-0.05, 0) is 24.3 Å². The number of rotatable bonds is 6. The van der Waals surface area contributed by atoms with Gasteiger partial charge in [0.15, 0.2) is 0 Å². The molecule has 1 atom stereocenters. The third kappa shape index (κ3) is 6.71. The van der Waals surface area contributed by atoms with Gasteiger partial charge in [0.25, 0.3) is 0 Å². The fourth-order valence-corrected chi connectivity index (χ4v) is 2.99. The van der Waals surface area contributed by atoms with Crippen molar-refractivity contribution in [1.29, 1.82) is 0 Å². The van der Waals surface area contributed by atoms with Crippen molar-refractivity contribution < 1.29 is 4.79 Å². The number of nitrogens with zero attached hydrogens (tertiary/aromatic N) is 1. The lowest BCUT2D eigenvalue weighted by atomic mass is 10.2. The van der Waals surface area contributed by atoms with Gasteiger partial charge in [-0.1, -0.05) is 95.5 Å². The van der Waals surface area contributed by atoms with Crippen molar-refractivity contribution in [2.24, 2.45) is 0 Å². The van der Waals surface area contributed by atoms with E-state index in [4.69, 9.17) is 34.8 Å². The summed E-state index contributed by atoms with van der Waals surface area (Å²) in [5, 5.41) is 2.75. The van der Waals surface area contributed by atoms with Gasteiger partial charge in [0, 0.05) is 12.6 Å². The second-order valence-corrected chi connectivity index (χ2v) is 7.97. The quantitative estimate of drug-likeness (QED) is 0.437. The van der Waals surface area contributed by atoms with Crippen LogP contribution in [0.1, 0.15) is 11.1 Å². The van der Waals surface area contributed by atoms with E-state index in [-0.39, 0.29) is 5.91 Å². The van der Waals surface area contributed by atoms with Gasteiger partial charge >= 0.3 is 0 Å². The minimum atomic E-state index is -1.67. The molecule has 2 aromatic carbocycles. The smallest absolute Gasteiger partial charge is 0.245 e. The van der Waals surface area contributed by atoms with E-state index in [9.17, 15) is 4.79 Å². The number of alkyl halides is 3. The Hall–Kier alpha value is -1.52. The molecule has 0 aliphatic heterocycles. The molecule has 0 aliphatic carbocycles. The minimum absolute atomic E-state index is 0.333. The van der Waals surface area contributed by atoms with Crippen molar-refractivity contribution >= 4 is 46.8 Å². The van der Waals surface area contributed by atoms with Gasteiger partial charge < -0.3 is 5.32 Å². The molecule has 0 saturated heterocycles. The molecule has 0 bridgehead atoms. The summed E-state index contributed by atoms with van der Waals surface area (Å²) in [6.07, 6.45) is 2.36. The van der Waals surface area contributed by atoms with E-state index in [2.05, 4.69) is 5.32 Å². The predicted octanol–water partition coefficient (Wildman–Crippen LogP) is 4.64. The van der Waals surface area contributed by atoms with Crippen molar-refractivity contribution in [3.63, 3.8) is 0 Å². The van der Waals surface area contributed by atoms with E-state index in [1.165, 1.54) is 6.08 Å². The van der Waals surface area contributed by atoms with E-state index in [0.717, 1.165) is 11.1 Å². The van der Waals surface area contributed by atoms with E-state index in [1.54, 1.807) is 18.0 Å². The van der Waals surface area contributed by atoms with Crippen molar-refractivity contribution in [2.45, 2.75) is 16.5 Å². The lowest BCUT2D eigenvalue weighted by molar-refractivity contribution is -0.118. The molecule has 0 saturated carbocycles. The Morgan fingerprint density at radius 1 is 1.08 bits per heavy atom. The van der Waals surface area contributed by atoms with Crippen LogP contribution in [-0.2, 0) is 11.3 Å². The van der Waals surface area contributed by atoms with Gasteiger partial charge in [-0.25, -0.2) is 0 Å². The van der Waals surface area contributed by atoms with E-state index in [0.29, 0.717) is 6.54 Å². The Labute approximate surface area is 163 Å².